The summed E-state index contributed by atoms with van der Waals surface area (Å²) < 4.78 is 37.4. The summed E-state index contributed by atoms with van der Waals surface area (Å²) in [7, 11) is 0. The Hall–Kier alpha value is -1.07. The molecule has 0 saturated carbocycles. The van der Waals surface area contributed by atoms with Crippen molar-refractivity contribution in [1.82, 2.24) is 5.32 Å². The lowest BCUT2D eigenvalue weighted by Crippen LogP contribution is -2.39. The van der Waals surface area contributed by atoms with Crippen LogP contribution in [-0.2, 0) is 0 Å². The molecule has 0 amide bonds. The fourth-order valence-electron chi connectivity index (χ4n) is 1.90. The molecule has 2 aliphatic rings. The van der Waals surface area contributed by atoms with Crippen molar-refractivity contribution in [3.8, 4) is 11.5 Å². The number of halogens is 3. The Morgan fingerprint density at radius 2 is 1.44 bits per heavy atom. The largest absolute Gasteiger partial charge is 0.478 e. The van der Waals surface area contributed by atoms with E-state index in [1.807, 2.05) is 0 Å². The maximum absolute atomic E-state index is 13.3. The van der Waals surface area contributed by atoms with Crippen LogP contribution < -0.4 is 14.8 Å². The van der Waals surface area contributed by atoms with Crippen LogP contribution in [0.3, 0.4) is 0 Å². The molecule has 6 heteroatoms. The molecule has 1 aromatic rings. The van der Waals surface area contributed by atoms with Crippen LogP contribution >= 0.6 is 12.4 Å². The zero-order valence-electron chi connectivity index (χ0n) is 8.20. The van der Waals surface area contributed by atoms with E-state index in [1.165, 1.54) is 0 Å². The minimum atomic E-state index is -0.586. The number of rotatable bonds is 0. The first kappa shape index (κ1) is 11.4. The second-order valence-corrected chi connectivity index (χ2v) is 3.66. The van der Waals surface area contributed by atoms with E-state index in [-0.39, 0.29) is 36.1 Å². The zero-order valence-corrected chi connectivity index (χ0v) is 9.02. The highest BCUT2D eigenvalue weighted by molar-refractivity contribution is 5.85. The summed E-state index contributed by atoms with van der Waals surface area (Å²) >= 11 is 0. The van der Waals surface area contributed by atoms with E-state index in [1.54, 1.807) is 0 Å². The number of ether oxygens (including phenoxy) is 2. The van der Waals surface area contributed by atoms with E-state index in [4.69, 9.17) is 9.47 Å². The van der Waals surface area contributed by atoms with Gasteiger partial charge in [-0.15, -0.1) is 12.4 Å². The fourth-order valence-corrected chi connectivity index (χ4v) is 1.90. The second kappa shape index (κ2) is 4.07. The molecule has 0 unspecified atom stereocenters. The first-order valence-electron chi connectivity index (χ1n) is 4.78. The molecule has 0 spiro atoms. The predicted octanol–water partition coefficient (Wildman–Crippen LogP) is 1.50. The number of hydrogen-bond donors (Lipinski definition) is 1. The van der Waals surface area contributed by atoms with Crippen molar-refractivity contribution in [2.75, 3.05) is 13.1 Å². The molecule has 0 bridgehead atoms. The molecule has 3 rings (SSSR count). The third kappa shape index (κ3) is 1.60. The second-order valence-electron chi connectivity index (χ2n) is 3.66. The highest BCUT2D eigenvalue weighted by atomic mass is 35.5. The van der Waals surface area contributed by atoms with Crippen LogP contribution in [0.4, 0.5) is 8.78 Å². The van der Waals surface area contributed by atoms with E-state index < -0.39 is 11.6 Å². The van der Waals surface area contributed by atoms with Gasteiger partial charge in [-0.25, -0.2) is 8.78 Å². The first-order valence-corrected chi connectivity index (χ1v) is 4.78. The molecular weight excluding hydrogens is 240 g/mol. The van der Waals surface area contributed by atoms with E-state index in [9.17, 15) is 8.78 Å². The van der Waals surface area contributed by atoms with Gasteiger partial charge in [0.1, 0.15) is 12.2 Å². The highest BCUT2D eigenvalue weighted by Crippen LogP contribution is 2.39. The lowest BCUT2D eigenvalue weighted by Gasteiger charge is -2.28. The molecule has 2 atom stereocenters. The van der Waals surface area contributed by atoms with Crippen molar-refractivity contribution < 1.29 is 18.3 Å². The molecule has 0 aliphatic carbocycles. The van der Waals surface area contributed by atoms with Gasteiger partial charge in [-0.1, -0.05) is 0 Å². The Bertz CT molecular complexity index is 379. The van der Waals surface area contributed by atoms with Crippen molar-refractivity contribution in [3.63, 3.8) is 0 Å². The van der Waals surface area contributed by atoms with Gasteiger partial charge in [0, 0.05) is 13.1 Å². The molecule has 1 aromatic carbocycles. The molecule has 2 aliphatic heterocycles. The summed E-state index contributed by atoms with van der Waals surface area (Å²) in [5.74, 6) is -1.39. The van der Waals surface area contributed by atoms with Gasteiger partial charge >= 0.3 is 0 Å². The van der Waals surface area contributed by atoms with Crippen molar-refractivity contribution in [1.29, 1.82) is 0 Å². The third-order valence-corrected chi connectivity index (χ3v) is 2.66. The zero-order chi connectivity index (χ0) is 10.4. The molecule has 0 aromatic heterocycles. The van der Waals surface area contributed by atoms with Crippen molar-refractivity contribution in [3.05, 3.63) is 23.8 Å². The van der Waals surface area contributed by atoms with E-state index >= 15 is 0 Å². The van der Waals surface area contributed by atoms with E-state index in [0.717, 1.165) is 12.1 Å². The van der Waals surface area contributed by atoms with Crippen LogP contribution in [0.1, 0.15) is 0 Å². The smallest absolute Gasteiger partial charge is 0.200 e. The predicted molar refractivity (Wildman–Crippen MR) is 55.3 cm³/mol. The molecule has 2 heterocycles. The Balaban J connectivity index is 0.000000963. The van der Waals surface area contributed by atoms with Crippen molar-refractivity contribution >= 4 is 12.4 Å². The van der Waals surface area contributed by atoms with Crippen LogP contribution in [0.2, 0.25) is 0 Å². The standard InChI is InChI=1S/C10H9F2NO2.ClH/c11-5-1-2-6(12)10-9(5)14-7-3-13-4-8(7)15-10;/h1-2,7-8,13H,3-4H2;1H/t7-,8-;/m1./s1. The maximum Gasteiger partial charge on any atom is 0.200 e. The van der Waals surface area contributed by atoms with E-state index in [0.29, 0.717) is 13.1 Å². The third-order valence-electron chi connectivity index (χ3n) is 2.66. The van der Waals surface area contributed by atoms with Gasteiger partial charge in [0.15, 0.2) is 11.6 Å². The van der Waals surface area contributed by atoms with Crippen LogP contribution in [0.25, 0.3) is 0 Å². The lowest BCUT2D eigenvalue weighted by atomic mass is 10.2. The number of benzene rings is 1. The summed E-state index contributed by atoms with van der Waals surface area (Å²) in [6.45, 7) is 1.19. The van der Waals surface area contributed by atoms with Gasteiger partial charge in [-0.2, -0.15) is 0 Å². The first-order chi connectivity index (χ1) is 7.25. The number of nitrogens with one attached hydrogen (secondary N) is 1. The van der Waals surface area contributed by atoms with Gasteiger partial charge in [0.2, 0.25) is 11.5 Å². The quantitative estimate of drug-likeness (QED) is 0.756. The van der Waals surface area contributed by atoms with Gasteiger partial charge in [0.25, 0.3) is 0 Å². The topological polar surface area (TPSA) is 30.5 Å². The highest BCUT2D eigenvalue weighted by Gasteiger charge is 2.38. The molecule has 88 valence electrons. The van der Waals surface area contributed by atoms with Crippen LogP contribution in [0, 0.1) is 11.6 Å². The SMILES string of the molecule is Cl.Fc1ccc(F)c2c1O[C@@H]1CNC[C@H]1O2. The monoisotopic (exact) mass is 249 g/mol. The molecule has 1 N–H and O–H groups in total. The van der Waals surface area contributed by atoms with Crippen LogP contribution in [-0.4, -0.2) is 25.3 Å². The molecule has 3 nitrogen and oxygen atoms in total. The summed E-state index contributed by atoms with van der Waals surface area (Å²) in [6.07, 6.45) is -0.456. The molecular formula is C10H10ClF2NO2. The van der Waals surface area contributed by atoms with Crippen LogP contribution in [0.15, 0.2) is 12.1 Å². The molecule has 0 radical (unpaired) electrons. The Kier molecular flexibility index (Phi) is 2.90. The Morgan fingerprint density at radius 3 is 1.88 bits per heavy atom. The average Bonchev–Trinajstić information content (AvgIpc) is 2.69. The average molecular weight is 250 g/mol. The van der Waals surface area contributed by atoms with E-state index in [2.05, 4.69) is 5.32 Å². The van der Waals surface area contributed by atoms with Crippen molar-refractivity contribution in [2.45, 2.75) is 12.2 Å². The summed E-state index contributed by atoms with van der Waals surface area (Å²) in [5.41, 5.74) is 0. The normalized spacial score (nSPS) is 25.9. The molecule has 1 fully saturated rings. The van der Waals surface area contributed by atoms with Gasteiger partial charge < -0.3 is 14.8 Å². The minimum Gasteiger partial charge on any atom is -0.478 e. The van der Waals surface area contributed by atoms with Crippen molar-refractivity contribution in [2.24, 2.45) is 0 Å². The fraction of sp³-hybridized carbons (Fsp3) is 0.400. The minimum absolute atomic E-state index is 0. The number of fused-ring (bicyclic) bond motifs is 2. The summed E-state index contributed by atoms with van der Waals surface area (Å²) in [5, 5.41) is 3.04. The molecule has 16 heavy (non-hydrogen) atoms. The van der Waals surface area contributed by atoms with Gasteiger partial charge in [0.05, 0.1) is 0 Å². The van der Waals surface area contributed by atoms with Crippen LogP contribution in [0.5, 0.6) is 11.5 Å². The van der Waals surface area contributed by atoms with Gasteiger partial charge in [-0.05, 0) is 12.1 Å². The molecule has 1 saturated heterocycles. The summed E-state index contributed by atoms with van der Waals surface area (Å²) in [4.78, 5) is 0. The lowest BCUT2D eigenvalue weighted by molar-refractivity contribution is 0.0467. The number of hydrogen-bond acceptors (Lipinski definition) is 3. The Labute approximate surface area is 97.1 Å². The van der Waals surface area contributed by atoms with Gasteiger partial charge in [-0.3, -0.25) is 0 Å². The summed E-state index contributed by atoms with van der Waals surface area (Å²) in [6, 6.07) is 2.08. The maximum atomic E-state index is 13.3. The Morgan fingerprint density at radius 1 is 1.00 bits per heavy atom.